The molecule has 0 aliphatic rings. The second-order valence-electron chi connectivity index (χ2n) is 5.19. The number of benzene rings is 1. The molecular weight excluding hydrogens is 234 g/mol. The van der Waals surface area contributed by atoms with E-state index in [0.29, 0.717) is 0 Å². The maximum absolute atomic E-state index is 6.29. The molecule has 1 unspecified atom stereocenters. The molecule has 0 saturated carbocycles. The Morgan fingerprint density at radius 3 is 2.63 bits per heavy atom. The van der Waals surface area contributed by atoms with Crippen molar-refractivity contribution in [3.8, 4) is 0 Å². The van der Waals surface area contributed by atoms with Gasteiger partial charge in [-0.15, -0.1) is 0 Å². The molecule has 0 spiro atoms. The number of aromatic nitrogens is 2. The third kappa shape index (κ3) is 2.81. The summed E-state index contributed by atoms with van der Waals surface area (Å²) in [6.07, 6.45) is 4.24. The van der Waals surface area contributed by atoms with Gasteiger partial charge < -0.3 is 10.3 Å². The summed E-state index contributed by atoms with van der Waals surface area (Å²) in [5.74, 6) is 1.05. The van der Waals surface area contributed by atoms with Crippen molar-refractivity contribution in [3.63, 3.8) is 0 Å². The highest BCUT2D eigenvalue weighted by atomic mass is 15.1. The second kappa shape index (κ2) is 6.20. The van der Waals surface area contributed by atoms with Crippen molar-refractivity contribution in [2.45, 2.75) is 59.0 Å². The van der Waals surface area contributed by atoms with E-state index in [9.17, 15) is 0 Å². The Morgan fingerprint density at radius 2 is 2.00 bits per heavy atom. The highest BCUT2D eigenvalue weighted by Gasteiger charge is 2.16. The normalized spacial score (nSPS) is 13.1. The largest absolute Gasteiger partial charge is 0.327 e. The molecule has 0 saturated heterocycles. The first-order valence-corrected chi connectivity index (χ1v) is 7.45. The van der Waals surface area contributed by atoms with Crippen LogP contribution in [0.3, 0.4) is 0 Å². The Labute approximate surface area is 115 Å². The van der Waals surface area contributed by atoms with Crippen LogP contribution in [0.5, 0.6) is 0 Å². The summed E-state index contributed by atoms with van der Waals surface area (Å²) >= 11 is 0. The maximum Gasteiger partial charge on any atom is 0.126 e. The number of aryl methyl sites for hydroxylation is 2. The summed E-state index contributed by atoms with van der Waals surface area (Å²) in [6, 6.07) is 6.64. The van der Waals surface area contributed by atoms with Crippen LogP contribution >= 0.6 is 0 Å². The Hall–Kier alpha value is -1.35. The molecule has 1 aromatic carbocycles. The van der Waals surface area contributed by atoms with Gasteiger partial charge in [0, 0.05) is 6.54 Å². The molecule has 0 bridgehead atoms. The fraction of sp³-hybridized carbons (Fsp3) is 0.562. The summed E-state index contributed by atoms with van der Waals surface area (Å²) in [5, 5.41) is 0. The molecule has 3 nitrogen and oxygen atoms in total. The standard InChI is InChI=1S/C16H25N3/c1-4-7-13(17)16-18-14-11-12(6-3)8-9-15(14)19(16)10-5-2/h8-9,11,13H,4-7,10,17H2,1-3H3. The van der Waals surface area contributed by atoms with Crippen LogP contribution in [-0.2, 0) is 13.0 Å². The van der Waals surface area contributed by atoms with Crippen molar-refractivity contribution >= 4 is 11.0 Å². The van der Waals surface area contributed by atoms with E-state index < -0.39 is 0 Å². The number of nitrogens with two attached hydrogens (primary N) is 1. The van der Waals surface area contributed by atoms with Crippen LogP contribution in [0.4, 0.5) is 0 Å². The quantitative estimate of drug-likeness (QED) is 0.857. The SMILES string of the molecule is CCCC(N)c1nc2cc(CC)ccc2n1CCC. The Bertz CT molecular complexity index is 542. The lowest BCUT2D eigenvalue weighted by atomic mass is 10.1. The van der Waals surface area contributed by atoms with Crippen LogP contribution in [-0.4, -0.2) is 9.55 Å². The highest BCUT2D eigenvalue weighted by molar-refractivity contribution is 5.77. The minimum Gasteiger partial charge on any atom is -0.327 e. The minimum absolute atomic E-state index is 0.0500. The lowest BCUT2D eigenvalue weighted by Crippen LogP contribution is -2.16. The van der Waals surface area contributed by atoms with E-state index in [1.807, 2.05) is 0 Å². The van der Waals surface area contributed by atoms with Gasteiger partial charge in [-0.1, -0.05) is 33.3 Å². The Morgan fingerprint density at radius 1 is 1.21 bits per heavy atom. The van der Waals surface area contributed by atoms with E-state index in [1.54, 1.807) is 0 Å². The Kier molecular flexibility index (Phi) is 4.59. The topological polar surface area (TPSA) is 43.8 Å². The van der Waals surface area contributed by atoms with Crippen LogP contribution in [0.1, 0.15) is 57.5 Å². The van der Waals surface area contributed by atoms with Crippen molar-refractivity contribution in [3.05, 3.63) is 29.6 Å². The molecule has 0 amide bonds. The molecule has 19 heavy (non-hydrogen) atoms. The summed E-state index contributed by atoms with van der Waals surface area (Å²) in [5.41, 5.74) is 9.94. The van der Waals surface area contributed by atoms with E-state index in [-0.39, 0.29) is 6.04 Å². The van der Waals surface area contributed by atoms with E-state index in [2.05, 4.69) is 43.5 Å². The molecule has 3 heteroatoms. The molecule has 0 fully saturated rings. The highest BCUT2D eigenvalue weighted by Crippen LogP contribution is 2.23. The van der Waals surface area contributed by atoms with Gasteiger partial charge in [0.05, 0.1) is 17.1 Å². The van der Waals surface area contributed by atoms with Crippen molar-refractivity contribution in [2.24, 2.45) is 5.73 Å². The molecule has 1 heterocycles. The van der Waals surface area contributed by atoms with Crippen molar-refractivity contribution in [2.75, 3.05) is 0 Å². The van der Waals surface area contributed by atoms with Gasteiger partial charge >= 0.3 is 0 Å². The monoisotopic (exact) mass is 259 g/mol. The summed E-state index contributed by atoms with van der Waals surface area (Å²) in [6.45, 7) is 7.53. The van der Waals surface area contributed by atoms with Gasteiger partial charge in [0.15, 0.2) is 0 Å². The fourth-order valence-corrected chi connectivity index (χ4v) is 2.60. The zero-order valence-corrected chi connectivity index (χ0v) is 12.3. The van der Waals surface area contributed by atoms with Gasteiger partial charge in [0.25, 0.3) is 0 Å². The minimum atomic E-state index is 0.0500. The maximum atomic E-state index is 6.29. The zero-order chi connectivity index (χ0) is 13.8. The number of rotatable bonds is 6. The van der Waals surface area contributed by atoms with Crippen molar-refractivity contribution in [1.29, 1.82) is 0 Å². The van der Waals surface area contributed by atoms with E-state index in [0.717, 1.165) is 43.6 Å². The number of hydrogen-bond acceptors (Lipinski definition) is 2. The molecule has 2 rings (SSSR count). The third-order valence-corrected chi connectivity index (χ3v) is 3.63. The Balaban J connectivity index is 2.51. The number of nitrogens with zero attached hydrogens (tertiary/aromatic N) is 2. The smallest absolute Gasteiger partial charge is 0.126 e. The molecule has 0 radical (unpaired) electrons. The molecule has 104 valence electrons. The molecular formula is C16H25N3. The average Bonchev–Trinajstić information content (AvgIpc) is 2.77. The molecule has 1 atom stereocenters. The van der Waals surface area contributed by atoms with Crippen LogP contribution < -0.4 is 5.73 Å². The molecule has 1 aromatic heterocycles. The van der Waals surface area contributed by atoms with Crippen LogP contribution in [0.15, 0.2) is 18.2 Å². The van der Waals surface area contributed by atoms with E-state index in [4.69, 9.17) is 10.7 Å². The summed E-state index contributed by atoms with van der Waals surface area (Å²) in [4.78, 5) is 4.80. The zero-order valence-electron chi connectivity index (χ0n) is 12.3. The van der Waals surface area contributed by atoms with Gasteiger partial charge in [-0.2, -0.15) is 0 Å². The number of hydrogen-bond donors (Lipinski definition) is 1. The van der Waals surface area contributed by atoms with Gasteiger partial charge in [0.1, 0.15) is 5.82 Å². The van der Waals surface area contributed by atoms with Gasteiger partial charge in [-0.05, 0) is 37.0 Å². The summed E-state index contributed by atoms with van der Waals surface area (Å²) in [7, 11) is 0. The first kappa shape index (κ1) is 14.1. The lowest BCUT2D eigenvalue weighted by molar-refractivity contribution is 0.552. The summed E-state index contributed by atoms with van der Waals surface area (Å²) < 4.78 is 2.30. The van der Waals surface area contributed by atoms with Gasteiger partial charge in [-0.3, -0.25) is 0 Å². The van der Waals surface area contributed by atoms with Crippen LogP contribution in [0, 0.1) is 0 Å². The second-order valence-corrected chi connectivity index (χ2v) is 5.19. The predicted molar refractivity (Wildman–Crippen MR) is 81.2 cm³/mol. The first-order chi connectivity index (χ1) is 9.21. The molecule has 0 aliphatic carbocycles. The third-order valence-electron chi connectivity index (χ3n) is 3.63. The number of fused-ring (bicyclic) bond motifs is 1. The lowest BCUT2D eigenvalue weighted by Gasteiger charge is -2.13. The molecule has 2 aromatic rings. The van der Waals surface area contributed by atoms with Crippen LogP contribution in [0.2, 0.25) is 0 Å². The number of imidazole rings is 1. The van der Waals surface area contributed by atoms with E-state index >= 15 is 0 Å². The molecule has 0 aliphatic heterocycles. The van der Waals surface area contributed by atoms with Gasteiger partial charge in [-0.25, -0.2) is 4.98 Å². The van der Waals surface area contributed by atoms with Crippen LogP contribution in [0.25, 0.3) is 11.0 Å². The first-order valence-electron chi connectivity index (χ1n) is 7.45. The van der Waals surface area contributed by atoms with E-state index in [1.165, 1.54) is 11.1 Å². The predicted octanol–water partition coefficient (Wildman–Crippen LogP) is 3.81. The van der Waals surface area contributed by atoms with Gasteiger partial charge in [0.2, 0.25) is 0 Å². The fourth-order valence-electron chi connectivity index (χ4n) is 2.60. The van der Waals surface area contributed by atoms with Crippen molar-refractivity contribution in [1.82, 2.24) is 9.55 Å². The molecule has 2 N–H and O–H groups in total. The van der Waals surface area contributed by atoms with Crippen molar-refractivity contribution < 1.29 is 0 Å². The average molecular weight is 259 g/mol.